The second-order valence-corrected chi connectivity index (χ2v) is 8.12. The molecule has 0 bridgehead atoms. The van der Waals surface area contributed by atoms with E-state index >= 15 is 0 Å². The van der Waals surface area contributed by atoms with Crippen LogP contribution < -0.4 is 19.7 Å². The summed E-state index contributed by atoms with van der Waals surface area (Å²) in [6.07, 6.45) is 3.43. The molecule has 128 valence electrons. The molecule has 2 aromatic rings. The van der Waals surface area contributed by atoms with Crippen LogP contribution in [0.2, 0.25) is 0 Å². The molecular formula is C19H24N2O2S. The van der Waals surface area contributed by atoms with Crippen LogP contribution in [0.3, 0.4) is 0 Å². The predicted octanol–water partition coefficient (Wildman–Crippen LogP) is 1.74. The standard InChI is InChI=1S/C19H24N2O2S/c1-19(2,3)16(22)12-17-21(6)18(23)15(24-17)11-13-7-9-14(10-8-13)20(4)5/h7-12H,1-6H3/b15-11-,17-12-. The van der Waals surface area contributed by atoms with Gasteiger partial charge >= 0.3 is 0 Å². The number of nitrogens with zero attached hydrogens (tertiary/aromatic N) is 2. The Labute approximate surface area is 146 Å². The zero-order chi connectivity index (χ0) is 18.1. The molecule has 0 fully saturated rings. The first-order valence-electron chi connectivity index (χ1n) is 7.81. The summed E-state index contributed by atoms with van der Waals surface area (Å²) in [7, 11) is 5.68. The fourth-order valence-corrected chi connectivity index (χ4v) is 3.09. The number of thiazole rings is 1. The number of rotatable bonds is 3. The summed E-state index contributed by atoms with van der Waals surface area (Å²) in [6, 6.07) is 8.00. The molecule has 5 heteroatoms. The van der Waals surface area contributed by atoms with Crippen molar-refractivity contribution in [1.29, 1.82) is 0 Å². The number of hydrogen-bond donors (Lipinski definition) is 0. The van der Waals surface area contributed by atoms with Gasteiger partial charge in [-0.1, -0.05) is 32.9 Å². The first-order valence-corrected chi connectivity index (χ1v) is 8.62. The minimum Gasteiger partial charge on any atom is -0.378 e. The molecule has 1 heterocycles. The number of benzene rings is 1. The summed E-state index contributed by atoms with van der Waals surface area (Å²) in [6.45, 7) is 5.62. The van der Waals surface area contributed by atoms with Crippen molar-refractivity contribution in [2.24, 2.45) is 12.5 Å². The maximum atomic E-state index is 12.4. The quantitative estimate of drug-likeness (QED) is 0.852. The maximum absolute atomic E-state index is 12.4. The minimum atomic E-state index is -0.452. The average molecular weight is 344 g/mol. The third kappa shape index (κ3) is 4.03. The van der Waals surface area contributed by atoms with Gasteiger partial charge in [0.2, 0.25) is 0 Å². The Morgan fingerprint density at radius 3 is 2.25 bits per heavy atom. The van der Waals surface area contributed by atoms with E-state index < -0.39 is 5.41 Å². The van der Waals surface area contributed by atoms with Crippen molar-refractivity contribution < 1.29 is 4.79 Å². The normalized spacial score (nSPS) is 13.4. The lowest BCUT2D eigenvalue weighted by Gasteiger charge is -2.12. The van der Waals surface area contributed by atoms with Crippen molar-refractivity contribution in [2.45, 2.75) is 20.8 Å². The number of anilines is 1. The molecule has 0 aliphatic carbocycles. The fraction of sp³-hybridized carbons (Fsp3) is 0.368. The van der Waals surface area contributed by atoms with Crippen molar-refractivity contribution in [2.75, 3.05) is 19.0 Å². The lowest BCUT2D eigenvalue weighted by Crippen LogP contribution is -2.30. The summed E-state index contributed by atoms with van der Waals surface area (Å²) >= 11 is 1.34. The zero-order valence-corrected chi connectivity index (χ0v) is 15.9. The molecule has 0 N–H and O–H groups in total. The van der Waals surface area contributed by atoms with Gasteiger partial charge in [-0.15, -0.1) is 11.3 Å². The molecule has 0 saturated carbocycles. The molecule has 0 radical (unpaired) electrons. The molecular weight excluding hydrogens is 320 g/mol. The molecule has 0 aliphatic heterocycles. The highest BCUT2D eigenvalue weighted by Crippen LogP contribution is 2.15. The number of carbonyl (C=O) groups is 1. The van der Waals surface area contributed by atoms with Gasteiger partial charge in [0.15, 0.2) is 5.78 Å². The predicted molar refractivity (Wildman–Crippen MR) is 102 cm³/mol. The molecule has 4 nitrogen and oxygen atoms in total. The Morgan fingerprint density at radius 1 is 1.17 bits per heavy atom. The van der Waals surface area contributed by atoms with Crippen molar-refractivity contribution in [3.05, 3.63) is 49.4 Å². The summed E-state index contributed by atoms with van der Waals surface area (Å²) in [4.78, 5) is 26.6. The number of aromatic nitrogens is 1. The van der Waals surface area contributed by atoms with Gasteiger partial charge in [-0.3, -0.25) is 9.59 Å². The highest BCUT2D eigenvalue weighted by molar-refractivity contribution is 7.07. The Balaban J connectivity index is 2.49. The van der Waals surface area contributed by atoms with E-state index in [0.29, 0.717) is 9.20 Å². The summed E-state index contributed by atoms with van der Waals surface area (Å²) in [5.41, 5.74) is 1.54. The van der Waals surface area contributed by atoms with Crippen molar-refractivity contribution in [1.82, 2.24) is 4.57 Å². The molecule has 0 spiro atoms. The Bertz CT molecular complexity index is 910. The van der Waals surface area contributed by atoms with E-state index in [4.69, 9.17) is 0 Å². The zero-order valence-electron chi connectivity index (χ0n) is 15.1. The molecule has 0 amide bonds. The van der Waals surface area contributed by atoms with Crippen LogP contribution >= 0.6 is 11.3 Å². The van der Waals surface area contributed by atoms with Crippen LogP contribution in [0.1, 0.15) is 26.3 Å². The lowest BCUT2D eigenvalue weighted by atomic mass is 9.91. The van der Waals surface area contributed by atoms with Crippen LogP contribution in [0.15, 0.2) is 29.1 Å². The van der Waals surface area contributed by atoms with Gasteiger partial charge in [0.05, 0.1) is 4.53 Å². The number of hydrogen-bond acceptors (Lipinski definition) is 4. The SMILES string of the molecule is CN(C)c1ccc(/C=c2\s/c(=C\C(=O)C(C)(C)C)n(C)c2=O)cc1. The molecule has 0 unspecified atom stereocenters. The Kier molecular flexibility index (Phi) is 5.13. The van der Waals surface area contributed by atoms with Gasteiger partial charge in [0.25, 0.3) is 5.56 Å². The molecule has 2 rings (SSSR count). The first-order chi connectivity index (χ1) is 11.1. The van der Waals surface area contributed by atoms with Crippen LogP contribution in [0, 0.1) is 5.41 Å². The van der Waals surface area contributed by atoms with E-state index in [1.54, 1.807) is 13.1 Å². The van der Waals surface area contributed by atoms with E-state index in [-0.39, 0.29) is 11.3 Å². The summed E-state index contributed by atoms with van der Waals surface area (Å²) < 4.78 is 2.84. The van der Waals surface area contributed by atoms with Crippen LogP contribution in [-0.2, 0) is 11.8 Å². The third-order valence-corrected chi connectivity index (χ3v) is 4.87. The number of carbonyl (C=O) groups excluding carboxylic acids is 1. The fourth-order valence-electron chi connectivity index (χ4n) is 2.06. The van der Waals surface area contributed by atoms with Crippen LogP contribution in [0.5, 0.6) is 0 Å². The second-order valence-electron chi connectivity index (χ2n) is 7.06. The number of ketones is 1. The van der Waals surface area contributed by atoms with Crippen LogP contribution in [-0.4, -0.2) is 24.4 Å². The smallest absolute Gasteiger partial charge is 0.268 e. The molecule has 1 aromatic carbocycles. The van der Waals surface area contributed by atoms with E-state index in [2.05, 4.69) is 0 Å². The second kappa shape index (κ2) is 6.77. The van der Waals surface area contributed by atoms with Crippen molar-refractivity contribution >= 4 is 35.0 Å². The summed E-state index contributed by atoms with van der Waals surface area (Å²) in [5, 5.41) is 0. The average Bonchev–Trinajstić information content (AvgIpc) is 2.75. The molecule has 1 aromatic heterocycles. The van der Waals surface area contributed by atoms with E-state index in [1.165, 1.54) is 15.9 Å². The highest BCUT2D eigenvalue weighted by Gasteiger charge is 2.19. The third-order valence-electron chi connectivity index (χ3n) is 3.76. The molecule has 24 heavy (non-hydrogen) atoms. The van der Waals surface area contributed by atoms with Crippen LogP contribution in [0.25, 0.3) is 12.2 Å². The van der Waals surface area contributed by atoms with Crippen molar-refractivity contribution in [3.63, 3.8) is 0 Å². The van der Waals surface area contributed by atoms with Gasteiger partial charge < -0.3 is 9.47 Å². The number of Topliss-reactive ketones (excluding diaryl/α,β-unsaturated/α-hetero) is 1. The van der Waals surface area contributed by atoms with Crippen molar-refractivity contribution in [3.8, 4) is 0 Å². The monoisotopic (exact) mass is 344 g/mol. The van der Waals surface area contributed by atoms with Crippen LogP contribution in [0.4, 0.5) is 5.69 Å². The van der Waals surface area contributed by atoms with Gasteiger partial charge in [-0.25, -0.2) is 0 Å². The van der Waals surface area contributed by atoms with Gasteiger partial charge in [0, 0.05) is 38.3 Å². The first kappa shape index (κ1) is 18.2. The van der Waals surface area contributed by atoms with E-state index in [9.17, 15) is 9.59 Å². The highest BCUT2D eigenvalue weighted by atomic mass is 32.1. The minimum absolute atomic E-state index is 0.0150. The lowest BCUT2D eigenvalue weighted by molar-refractivity contribution is -0.120. The van der Waals surface area contributed by atoms with Gasteiger partial charge in [-0.05, 0) is 23.8 Å². The summed E-state index contributed by atoms with van der Waals surface area (Å²) in [5.74, 6) is 0.0150. The largest absolute Gasteiger partial charge is 0.378 e. The maximum Gasteiger partial charge on any atom is 0.268 e. The Hall–Kier alpha value is -2.14. The molecule has 0 aliphatic rings. The topological polar surface area (TPSA) is 42.3 Å². The Morgan fingerprint density at radius 2 is 1.75 bits per heavy atom. The van der Waals surface area contributed by atoms with E-state index in [0.717, 1.165) is 11.3 Å². The van der Waals surface area contributed by atoms with Gasteiger partial charge in [0.1, 0.15) is 4.66 Å². The van der Waals surface area contributed by atoms with E-state index in [1.807, 2.05) is 70.1 Å². The van der Waals surface area contributed by atoms with Gasteiger partial charge in [-0.2, -0.15) is 0 Å². The molecule has 0 saturated heterocycles. The molecule has 0 atom stereocenters.